The second kappa shape index (κ2) is 9.53. The van der Waals surface area contributed by atoms with Crippen molar-refractivity contribution in [2.75, 3.05) is 12.4 Å². The molecule has 0 aliphatic carbocycles. The third-order valence-corrected chi connectivity index (χ3v) is 4.69. The first-order valence-electron chi connectivity index (χ1n) is 7.24. The van der Waals surface area contributed by atoms with E-state index in [0.29, 0.717) is 6.42 Å². The van der Waals surface area contributed by atoms with Crippen molar-refractivity contribution in [1.29, 1.82) is 0 Å². The van der Waals surface area contributed by atoms with E-state index in [2.05, 4.69) is 4.72 Å². The number of rotatable bonds is 11. The molecule has 0 radical (unpaired) electrons. The summed E-state index contributed by atoms with van der Waals surface area (Å²) in [4.78, 5) is 10.7. The number of hydrogen-bond donors (Lipinski definition) is 2. The zero-order chi connectivity index (χ0) is 16.4. The number of hydrogen-bond acceptors (Lipinski definition) is 3. The SMILES string of the molecule is O=C(O)CCC(Cc1ccccc1)NS(=O)(=O)CCCCF. The Morgan fingerprint density at radius 2 is 1.91 bits per heavy atom. The zero-order valence-corrected chi connectivity index (χ0v) is 13.2. The Morgan fingerprint density at radius 1 is 1.23 bits per heavy atom. The van der Waals surface area contributed by atoms with E-state index in [1.807, 2.05) is 30.3 Å². The van der Waals surface area contributed by atoms with Gasteiger partial charge in [0.1, 0.15) is 0 Å². The van der Waals surface area contributed by atoms with Crippen molar-refractivity contribution >= 4 is 16.0 Å². The molecule has 22 heavy (non-hydrogen) atoms. The molecule has 0 spiro atoms. The quantitative estimate of drug-likeness (QED) is 0.609. The second-order valence-electron chi connectivity index (χ2n) is 5.15. The van der Waals surface area contributed by atoms with E-state index in [-0.39, 0.29) is 31.4 Å². The molecule has 0 aliphatic rings. The number of halogens is 1. The molecular weight excluding hydrogens is 309 g/mol. The summed E-state index contributed by atoms with van der Waals surface area (Å²) in [5.74, 6) is -1.11. The smallest absolute Gasteiger partial charge is 0.303 e. The van der Waals surface area contributed by atoms with Gasteiger partial charge in [-0.25, -0.2) is 13.1 Å². The highest BCUT2D eigenvalue weighted by molar-refractivity contribution is 7.89. The molecule has 1 unspecified atom stereocenters. The van der Waals surface area contributed by atoms with Crippen LogP contribution in [-0.4, -0.2) is 38.0 Å². The number of carboxylic acids is 1. The standard InChI is InChI=1S/C15H22FNO4S/c16-10-4-5-11-22(20,21)17-14(8-9-15(18)19)12-13-6-2-1-3-7-13/h1-3,6-7,14,17H,4-5,8-12H2,(H,18,19). The van der Waals surface area contributed by atoms with Crippen molar-refractivity contribution in [3.05, 3.63) is 35.9 Å². The molecule has 0 aromatic heterocycles. The van der Waals surface area contributed by atoms with Crippen LogP contribution in [0.5, 0.6) is 0 Å². The maximum atomic E-state index is 12.0. The number of sulfonamides is 1. The molecule has 1 aromatic carbocycles. The maximum Gasteiger partial charge on any atom is 0.303 e. The molecule has 0 fully saturated rings. The van der Waals surface area contributed by atoms with Crippen molar-refractivity contribution in [2.45, 2.75) is 38.1 Å². The Kier molecular flexibility index (Phi) is 8.05. The molecule has 1 rings (SSSR count). The number of unbranched alkanes of at least 4 members (excludes halogenated alkanes) is 1. The van der Waals surface area contributed by atoms with Gasteiger partial charge in [-0.1, -0.05) is 30.3 Å². The van der Waals surface area contributed by atoms with E-state index < -0.39 is 28.7 Å². The van der Waals surface area contributed by atoms with Crippen LogP contribution >= 0.6 is 0 Å². The Balaban J connectivity index is 2.66. The molecule has 7 heteroatoms. The van der Waals surface area contributed by atoms with Gasteiger partial charge >= 0.3 is 5.97 Å². The van der Waals surface area contributed by atoms with Gasteiger partial charge in [0.05, 0.1) is 12.4 Å². The lowest BCUT2D eigenvalue weighted by atomic mass is 10.0. The van der Waals surface area contributed by atoms with Crippen molar-refractivity contribution in [3.63, 3.8) is 0 Å². The molecule has 0 saturated carbocycles. The predicted octanol–water partition coefficient (Wildman–Crippen LogP) is 2.13. The lowest BCUT2D eigenvalue weighted by Gasteiger charge is -2.18. The van der Waals surface area contributed by atoms with Gasteiger partial charge < -0.3 is 5.11 Å². The first kappa shape index (κ1) is 18.6. The van der Waals surface area contributed by atoms with Crippen LogP contribution in [-0.2, 0) is 21.2 Å². The number of carbonyl (C=O) groups is 1. The predicted molar refractivity (Wildman–Crippen MR) is 82.9 cm³/mol. The van der Waals surface area contributed by atoms with E-state index in [1.165, 1.54) is 0 Å². The lowest BCUT2D eigenvalue weighted by Crippen LogP contribution is -2.38. The summed E-state index contributed by atoms with van der Waals surface area (Å²) in [6.07, 6.45) is 0.996. The minimum absolute atomic E-state index is 0.107. The summed E-state index contributed by atoms with van der Waals surface area (Å²) in [6, 6.07) is 8.81. The summed E-state index contributed by atoms with van der Waals surface area (Å²) in [6.45, 7) is -0.540. The number of aliphatic carboxylic acids is 1. The number of nitrogens with one attached hydrogen (secondary N) is 1. The summed E-state index contributed by atoms with van der Waals surface area (Å²) in [5, 5.41) is 8.78. The van der Waals surface area contributed by atoms with Gasteiger partial charge in [-0.3, -0.25) is 9.18 Å². The first-order chi connectivity index (χ1) is 10.4. The van der Waals surface area contributed by atoms with Crippen LogP contribution in [0.2, 0.25) is 0 Å². The van der Waals surface area contributed by atoms with E-state index in [9.17, 15) is 17.6 Å². The highest BCUT2D eigenvalue weighted by Gasteiger charge is 2.19. The molecule has 0 bridgehead atoms. The van der Waals surface area contributed by atoms with Crippen molar-refractivity contribution in [1.82, 2.24) is 4.72 Å². The monoisotopic (exact) mass is 331 g/mol. The molecule has 1 atom stereocenters. The molecule has 0 amide bonds. The van der Waals surface area contributed by atoms with Crippen LogP contribution in [0.4, 0.5) is 4.39 Å². The highest BCUT2D eigenvalue weighted by Crippen LogP contribution is 2.10. The maximum absolute atomic E-state index is 12.0. The fraction of sp³-hybridized carbons (Fsp3) is 0.533. The highest BCUT2D eigenvalue weighted by atomic mass is 32.2. The molecule has 0 heterocycles. The molecule has 5 nitrogen and oxygen atoms in total. The van der Waals surface area contributed by atoms with E-state index >= 15 is 0 Å². The van der Waals surface area contributed by atoms with Crippen LogP contribution in [0.25, 0.3) is 0 Å². The summed E-state index contributed by atoms with van der Waals surface area (Å²) in [5.41, 5.74) is 0.935. The van der Waals surface area contributed by atoms with E-state index in [0.717, 1.165) is 5.56 Å². The molecule has 0 aliphatic heterocycles. The number of benzene rings is 1. The van der Waals surface area contributed by atoms with Crippen molar-refractivity contribution < 1.29 is 22.7 Å². The first-order valence-corrected chi connectivity index (χ1v) is 8.90. The molecular formula is C15H22FNO4S. The minimum Gasteiger partial charge on any atom is -0.481 e. The Hall–Kier alpha value is -1.47. The number of carboxylic acid groups (broad SMARTS) is 1. The molecule has 2 N–H and O–H groups in total. The van der Waals surface area contributed by atoms with Crippen LogP contribution in [0.1, 0.15) is 31.2 Å². The normalized spacial score (nSPS) is 13.0. The third kappa shape index (κ3) is 8.09. The average molecular weight is 331 g/mol. The third-order valence-electron chi connectivity index (χ3n) is 3.17. The van der Waals surface area contributed by atoms with Gasteiger partial charge in [0, 0.05) is 12.5 Å². The van der Waals surface area contributed by atoms with Crippen LogP contribution in [0, 0.1) is 0 Å². The Bertz CT molecular complexity index is 548. The summed E-state index contributed by atoms with van der Waals surface area (Å²) in [7, 11) is -3.53. The van der Waals surface area contributed by atoms with Gasteiger partial charge in [-0.2, -0.15) is 0 Å². The van der Waals surface area contributed by atoms with E-state index in [1.54, 1.807) is 0 Å². The van der Waals surface area contributed by atoms with Crippen molar-refractivity contribution in [3.8, 4) is 0 Å². The lowest BCUT2D eigenvalue weighted by molar-refractivity contribution is -0.137. The van der Waals surface area contributed by atoms with Crippen molar-refractivity contribution in [2.24, 2.45) is 0 Å². The Labute approximate surface area is 130 Å². The Morgan fingerprint density at radius 3 is 2.50 bits per heavy atom. The summed E-state index contributed by atoms with van der Waals surface area (Å²) >= 11 is 0. The van der Waals surface area contributed by atoms with Crippen LogP contribution in [0.15, 0.2) is 30.3 Å². The number of alkyl halides is 1. The zero-order valence-electron chi connectivity index (χ0n) is 12.4. The fourth-order valence-electron chi connectivity index (χ4n) is 2.10. The fourth-order valence-corrected chi connectivity index (χ4v) is 3.51. The largest absolute Gasteiger partial charge is 0.481 e. The molecule has 1 aromatic rings. The van der Waals surface area contributed by atoms with E-state index in [4.69, 9.17) is 5.11 Å². The van der Waals surface area contributed by atoms with Gasteiger partial charge in [0.2, 0.25) is 10.0 Å². The van der Waals surface area contributed by atoms with Crippen LogP contribution in [0.3, 0.4) is 0 Å². The van der Waals surface area contributed by atoms with Gasteiger partial charge in [-0.15, -0.1) is 0 Å². The minimum atomic E-state index is -3.53. The van der Waals surface area contributed by atoms with Crippen LogP contribution < -0.4 is 4.72 Å². The molecule has 0 saturated heterocycles. The summed E-state index contributed by atoms with van der Waals surface area (Å²) < 4.78 is 38.5. The topological polar surface area (TPSA) is 83.5 Å². The second-order valence-corrected chi connectivity index (χ2v) is 7.03. The average Bonchev–Trinajstić information content (AvgIpc) is 2.45. The van der Waals surface area contributed by atoms with Gasteiger partial charge in [0.15, 0.2) is 0 Å². The van der Waals surface area contributed by atoms with Gasteiger partial charge in [0.25, 0.3) is 0 Å². The molecule has 124 valence electrons. The van der Waals surface area contributed by atoms with Gasteiger partial charge in [-0.05, 0) is 31.2 Å².